The molecule has 0 aliphatic carbocycles. The minimum Gasteiger partial charge on any atom is -0.382 e. The molecule has 1 N–H and O–H groups in total. The molecule has 2 aliphatic rings. The van der Waals surface area contributed by atoms with E-state index in [0.29, 0.717) is 49.7 Å². The maximum Gasteiger partial charge on any atom is 0.321 e. The summed E-state index contributed by atoms with van der Waals surface area (Å²) >= 11 is 5.98. The number of halogens is 1. The van der Waals surface area contributed by atoms with Crippen LogP contribution in [-0.2, 0) is 9.63 Å². The Bertz CT molecular complexity index is 950. The van der Waals surface area contributed by atoms with Crippen LogP contribution in [0.15, 0.2) is 59.8 Å². The minimum atomic E-state index is -0.605. The summed E-state index contributed by atoms with van der Waals surface area (Å²) in [4.78, 5) is 34.4. The van der Waals surface area contributed by atoms with Gasteiger partial charge in [-0.25, -0.2) is 4.79 Å². The Morgan fingerprint density at radius 2 is 1.77 bits per heavy atom. The van der Waals surface area contributed by atoms with E-state index in [2.05, 4.69) is 10.5 Å². The number of nitrogens with one attached hydrogen (secondary N) is 1. The second kappa shape index (κ2) is 9.17. The highest BCUT2D eigenvalue weighted by Gasteiger charge is 2.33. The Balaban J connectivity index is 1.31. The fraction of sp³-hybridized carbons (Fsp3) is 0.318. The number of oxime groups is 1. The second-order valence-corrected chi connectivity index (χ2v) is 7.75. The molecule has 1 unspecified atom stereocenters. The van der Waals surface area contributed by atoms with Crippen LogP contribution in [0.5, 0.6) is 0 Å². The maximum absolute atomic E-state index is 12.9. The van der Waals surface area contributed by atoms with Crippen LogP contribution in [0.4, 0.5) is 10.5 Å². The summed E-state index contributed by atoms with van der Waals surface area (Å²) in [5.74, 6) is -0.0817. The molecule has 156 valence electrons. The number of carbonyl (C=O) groups is 2. The molecule has 2 aromatic rings. The molecule has 8 heteroatoms. The molecule has 30 heavy (non-hydrogen) atoms. The third-order valence-electron chi connectivity index (χ3n) is 5.22. The molecule has 3 amide bonds. The summed E-state index contributed by atoms with van der Waals surface area (Å²) in [7, 11) is 0. The molecule has 0 aromatic heterocycles. The minimum absolute atomic E-state index is 0.0817. The average Bonchev–Trinajstić information content (AvgIpc) is 3.12. The fourth-order valence-corrected chi connectivity index (χ4v) is 3.81. The van der Waals surface area contributed by atoms with Crippen LogP contribution in [0, 0.1) is 0 Å². The lowest BCUT2D eigenvalue weighted by Crippen LogP contribution is -2.42. The zero-order valence-corrected chi connectivity index (χ0v) is 17.2. The largest absolute Gasteiger partial charge is 0.382 e. The number of hydrogen-bond donors (Lipinski definition) is 1. The fourth-order valence-electron chi connectivity index (χ4n) is 3.62. The molecular weight excluding hydrogens is 404 g/mol. The van der Waals surface area contributed by atoms with Crippen LogP contribution in [0.3, 0.4) is 0 Å². The number of urea groups is 1. The lowest BCUT2D eigenvalue weighted by Gasteiger charge is -2.24. The van der Waals surface area contributed by atoms with Crippen molar-refractivity contribution in [3.8, 4) is 0 Å². The van der Waals surface area contributed by atoms with Gasteiger partial charge in [0, 0.05) is 43.3 Å². The molecule has 1 atom stereocenters. The van der Waals surface area contributed by atoms with Crippen LogP contribution in [0.2, 0.25) is 5.02 Å². The van der Waals surface area contributed by atoms with E-state index in [1.807, 2.05) is 30.3 Å². The average molecular weight is 427 g/mol. The Morgan fingerprint density at radius 3 is 2.57 bits per heavy atom. The number of anilines is 1. The smallest absolute Gasteiger partial charge is 0.321 e. The number of amides is 3. The van der Waals surface area contributed by atoms with E-state index in [0.717, 1.165) is 11.3 Å². The molecule has 0 bridgehead atoms. The molecule has 0 radical (unpaired) electrons. The molecule has 0 saturated carbocycles. The van der Waals surface area contributed by atoms with Crippen LogP contribution in [0.1, 0.15) is 18.4 Å². The van der Waals surface area contributed by atoms with E-state index in [9.17, 15) is 9.59 Å². The normalized spacial score (nSPS) is 19.0. The molecule has 2 aliphatic heterocycles. The number of carbonyl (C=O) groups excluding carboxylic acids is 2. The third kappa shape index (κ3) is 4.74. The Kier molecular flexibility index (Phi) is 6.18. The summed E-state index contributed by atoms with van der Waals surface area (Å²) in [5.41, 5.74) is 2.40. The number of hydrogen-bond acceptors (Lipinski definition) is 4. The van der Waals surface area contributed by atoms with Gasteiger partial charge in [-0.3, -0.25) is 4.79 Å². The Hall–Kier alpha value is -3.06. The number of nitrogens with zero attached hydrogens (tertiary/aromatic N) is 3. The summed E-state index contributed by atoms with van der Waals surface area (Å²) in [6.45, 7) is 2.08. The third-order valence-corrected chi connectivity index (χ3v) is 5.46. The van der Waals surface area contributed by atoms with E-state index in [1.165, 1.54) is 0 Å². The molecule has 1 fully saturated rings. The van der Waals surface area contributed by atoms with Gasteiger partial charge in [0.2, 0.25) is 6.10 Å². The van der Waals surface area contributed by atoms with Gasteiger partial charge >= 0.3 is 6.03 Å². The standard InChI is InChI=1S/C22H23ClN4O3/c23-17-8-4-9-18(14-17)24-22(29)27-11-5-10-26(12-13-27)21(28)20-15-19(25-30-20)16-6-2-1-3-7-16/h1-4,6-9,14,20H,5,10-13,15H2,(H,24,29). The SMILES string of the molecule is O=C(Nc1cccc(Cl)c1)N1CCCN(C(=O)C2CC(c3ccccc3)=NO2)CC1. The van der Waals surface area contributed by atoms with Gasteiger partial charge in [-0.1, -0.05) is 53.2 Å². The first-order valence-corrected chi connectivity index (χ1v) is 10.4. The number of benzene rings is 2. The predicted octanol–water partition coefficient (Wildman–Crippen LogP) is 3.60. The van der Waals surface area contributed by atoms with E-state index >= 15 is 0 Å². The first-order chi connectivity index (χ1) is 14.6. The summed E-state index contributed by atoms with van der Waals surface area (Å²) in [5, 5.41) is 7.53. The van der Waals surface area contributed by atoms with Crippen molar-refractivity contribution in [3.05, 3.63) is 65.2 Å². The molecule has 1 saturated heterocycles. The lowest BCUT2D eigenvalue weighted by atomic mass is 10.0. The van der Waals surface area contributed by atoms with Crippen LogP contribution >= 0.6 is 11.6 Å². The first kappa shape index (κ1) is 20.2. The van der Waals surface area contributed by atoms with Gasteiger partial charge in [-0.2, -0.15) is 0 Å². The van der Waals surface area contributed by atoms with Crippen LogP contribution in [-0.4, -0.2) is 59.7 Å². The van der Waals surface area contributed by atoms with E-state index in [1.54, 1.807) is 34.1 Å². The van der Waals surface area contributed by atoms with Crippen molar-refractivity contribution in [2.75, 3.05) is 31.5 Å². The maximum atomic E-state index is 12.9. The van der Waals surface area contributed by atoms with Crippen molar-refractivity contribution < 1.29 is 14.4 Å². The number of rotatable bonds is 3. The van der Waals surface area contributed by atoms with Gasteiger partial charge in [0.25, 0.3) is 5.91 Å². The highest BCUT2D eigenvalue weighted by Crippen LogP contribution is 2.20. The molecule has 0 spiro atoms. The highest BCUT2D eigenvalue weighted by atomic mass is 35.5. The Morgan fingerprint density at radius 1 is 1.00 bits per heavy atom. The monoisotopic (exact) mass is 426 g/mol. The van der Waals surface area contributed by atoms with Crippen molar-refractivity contribution in [2.24, 2.45) is 5.16 Å². The van der Waals surface area contributed by atoms with Crippen molar-refractivity contribution in [1.82, 2.24) is 9.80 Å². The van der Waals surface area contributed by atoms with Gasteiger partial charge in [0.15, 0.2) is 0 Å². The summed E-state index contributed by atoms with van der Waals surface area (Å²) < 4.78 is 0. The van der Waals surface area contributed by atoms with E-state index in [-0.39, 0.29) is 11.9 Å². The van der Waals surface area contributed by atoms with E-state index in [4.69, 9.17) is 16.4 Å². The van der Waals surface area contributed by atoms with Crippen LogP contribution < -0.4 is 5.32 Å². The quantitative estimate of drug-likeness (QED) is 0.814. The van der Waals surface area contributed by atoms with Gasteiger partial charge < -0.3 is 20.0 Å². The van der Waals surface area contributed by atoms with Gasteiger partial charge in [0.05, 0.1) is 5.71 Å². The van der Waals surface area contributed by atoms with E-state index < -0.39 is 6.10 Å². The zero-order valence-electron chi connectivity index (χ0n) is 16.5. The predicted molar refractivity (Wildman–Crippen MR) is 116 cm³/mol. The van der Waals surface area contributed by atoms with Crippen molar-refractivity contribution >= 4 is 34.9 Å². The van der Waals surface area contributed by atoms with Gasteiger partial charge in [0.1, 0.15) is 0 Å². The molecule has 2 heterocycles. The summed E-state index contributed by atoms with van der Waals surface area (Å²) in [6.07, 6.45) is 0.554. The molecule has 7 nitrogen and oxygen atoms in total. The van der Waals surface area contributed by atoms with Crippen molar-refractivity contribution in [1.29, 1.82) is 0 Å². The zero-order chi connectivity index (χ0) is 20.9. The van der Waals surface area contributed by atoms with Crippen molar-refractivity contribution in [2.45, 2.75) is 18.9 Å². The van der Waals surface area contributed by atoms with Gasteiger partial charge in [-0.15, -0.1) is 0 Å². The summed E-state index contributed by atoms with van der Waals surface area (Å²) in [6, 6.07) is 16.6. The topological polar surface area (TPSA) is 74.2 Å². The molecule has 2 aromatic carbocycles. The Labute approximate surface area is 180 Å². The van der Waals surface area contributed by atoms with Crippen molar-refractivity contribution in [3.63, 3.8) is 0 Å². The lowest BCUT2D eigenvalue weighted by molar-refractivity contribution is -0.141. The molecular formula is C22H23ClN4O3. The molecule has 4 rings (SSSR count). The van der Waals surface area contributed by atoms with Crippen LogP contribution in [0.25, 0.3) is 0 Å². The highest BCUT2D eigenvalue weighted by molar-refractivity contribution is 6.30. The van der Waals surface area contributed by atoms with Gasteiger partial charge in [-0.05, 0) is 30.2 Å². The second-order valence-electron chi connectivity index (χ2n) is 7.31. The first-order valence-electron chi connectivity index (χ1n) is 9.98.